The first-order valence-corrected chi connectivity index (χ1v) is 5.15. The molecule has 0 amide bonds. The normalized spacial score (nSPS) is 28.1. The number of ether oxygens (including phenoxy) is 1. The Morgan fingerprint density at radius 3 is 2.86 bits per heavy atom. The average Bonchev–Trinajstić information content (AvgIpc) is 2.41. The molecular weight excluding hydrogens is 182 g/mol. The average molecular weight is 201 g/mol. The van der Waals surface area contributed by atoms with Gasteiger partial charge in [-0.1, -0.05) is 6.92 Å². The highest BCUT2D eigenvalue weighted by molar-refractivity contribution is 5.69. The van der Waals surface area contributed by atoms with E-state index in [-0.39, 0.29) is 6.54 Å². The van der Waals surface area contributed by atoms with Crippen LogP contribution < -0.4 is 0 Å². The number of likely N-dealkylation sites (tertiary alicyclic amines) is 1. The summed E-state index contributed by atoms with van der Waals surface area (Å²) in [7, 11) is 0. The summed E-state index contributed by atoms with van der Waals surface area (Å²) in [6.07, 6.45) is 0. The Bertz CT molecular complexity index is 196. The van der Waals surface area contributed by atoms with E-state index in [0.29, 0.717) is 11.8 Å². The molecule has 1 N–H and O–H groups in total. The van der Waals surface area contributed by atoms with E-state index in [9.17, 15) is 4.79 Å². The molecule has 4 heteroatoms. The largest absolute Gasteiger partial charge is 0.480 e. The van der Waals surface area contributed by atoms with Gasteiger partial charge >= 0.3 is 5.97 Å². The van der Waals surface area contributed by atoms with Gasteiger partial charge < -0.3 is 9.84 Å². The van der Waals surface area contributed by atoms with E-state index in [0.717, 1.165) is 26.3 Å². The van der Waals surface area contributed by atoms with Crippen molar-refractivity contribution in [2.24, 2.45) is 11.8 Å². The number of aliphatic carboxylic acids is 1. The molecule has 2 atom stereocenters. The van der Waals surface area contributed by atoms with Gasteiger partial charge in [-0.25, -0.2) is 0 Å². The molecule has 1 heterocycles. The van der Waals surface area contributed by atoms with Crippen molar-refractivity contribution in [2.45, 2.75) is 13.8 Å². The van der Waals surface area contributed by atoms with E-state index in [4.69, 9.17) is 9.84 Å². The van der Waals surface area contributed by atoms with Crippen LogP contribution in [0.15, 0.2) is 0 Å². The lowest BCUT2D eigenvalue weighted by Crippen LogP contribution is -2.28. The smallest absolute Gasteiger partial charge is 0.317 e. The van der Waals surface area contributed by atoms with Crippen molar-refractivity contribution in [1.82, 2.24) is 4.90 Å². The van der Waals surface area contributed by atoms with Gasteiger partial charge in [0.05, 0.1) is 13.2 Å². The van der Waals surface area contributed by atoms with Gasteiger partial charge in [-0.15, -0.1) is 0 Å². The number of carbonyl (C=O) groups is 1. The Hall–Kier alpha value is -0.610. The van der Waals surface area contributed by atoms with Crippen molar-refractivity contribution >= 4 is 5.97 Å². The maximum absolute atomic E-state index is 10.5. The van der Waals surface area contributed by atoms with E-state index in [1.54, 1.807) is 0 Å². The zero-order valence-corrected chi connectivity index (χ0v) is 8.90. The second-order valence-corrected chi connectivity index (χ2v) is 3.98. The van der Waals surface area contributed by atoms with E-state index >= 15 is 0 Å². The predicted molar refractivity (Wildman–Crippen MR) is 53.2 cm³/mol. The van der Waals surface area contributed by atoms with Crippen LogP contribution in [0.2, 0.25) is 0 Å². The van der Waals surface area contributed by atoms with Gasteiger partial charge in [0, 0.05) is 19.7 Å². The summed E-state index contributed by atoms with van der Waals surface area (Å²) in [5, 5.41) is 8.65. The van der Waals surface area contributed by atoms with Crippen LogP contribution in [0.3, 0.4) is 0 Å². The molecule has 4 nitrogen and oxygen atoms in total. The Labute approximate surface area is 84.8 Å². The van der Waals surface area contributed by atoms with Crippen molar-refractivity contribution in [3.05, 3.63) is 0 Å². The number of rotatable bonds is 5. The second-order valence-electron chi connectivity index (χ2n) is 3.98. The van der Waals surface area contributed by atoms with Crippen LogP contribution in [-0.2, 0) is 9.53 Å². The SMILES string of the molecule is CCOCC1CN(CC(=O)O)CC1C. The molecule has 1 aliphatic rings. The zero-order valence-electron chi connectivity index (χ0n) is 8.90. The number of hydrogen-bond donors (Lipinski definition) is 1. The molecule has 0 aromatic heterocycles. The van der Waals surface area contributed by atoms with Crippen molar-refractivity contribution < 1.29 is 14.6 Å². The Balaban J connectivity index is 2.31. The summed E-state index contributed by atoms with van der Waals surface area (Å²) >= 11 is 0. The first-order valence-electron chi connectivity index (χ1n) is 5.15. The minimum atomic E-state index is -0.741. The van der Waals surface area contributed by atoms with Crippen LogP contribution in [0.1, 0.15) is 13.8 Å². The summed E-state index contributed by atoms with van der Waals surface area (Å²) in [6, 6.07) is 0. The fourth-order valence-electron chi connectivity index (χ4n) is 1.95. The summed E-state index contributed by atoms with van der Waals surface area (Å²) in [5.74, 6) is 0.296. The molecule has 2 unspecified atom stereocenters. The van der Waals surface area contributed by atoms with E-state index in [1.165, 1.54) is 0 Å². The third-order valence-electron chi connectivity index (χ3n) is 2.74. The van der Waals surface area contributed by atoms with E-state index in [2.05, 4.69) is 6.92 Å². The minimum Gasteiger partial charge on any atom is -0.480 e. The highest BCUT2D eigenvalue weighted by Gasteiger charge is 2.30. The maximum atomic E-state index is 10.5. The second kappa shape index (κ2) is 5.32. The quantitative estimate of drug-likeness (QED) is 0.710. The molecule has 0 aromatic carbocycles. The van der Waals surface area contributed by atoms with Crippen molar-refractivity contribution in [3.63, 3.8) is 0 Å². The maximum Gasteiger partial charge on any atom is 0.317 e. The van der Waals surface area contributed by atoms with Crippen molar-refractivity contribution in [1.29, 1.82) is 0 Å². The van der Waals surface area contributed by atoms with Crippen LogP contribution >= 0.6 is 0 Å². The third kappa shape index (κ3) is 3.27. The summed E-state index contributed by atoms with van der Waals surface area (Å²) in [6.45, 7) is 7.53. The van der Waals surface area contributed by atoms with Crippen LogP contribution in [0.5, 0.6) is 0 Å². The molecular formula is C10H19NO3. The van der Waals surface area contributed by atoms with Crippen LogP contribution in [0.4, 0.5) is 0 Å². The molecule has 1 aliphatic heterocycles. The lowest BCUT2D eigenvalue weighted by atomic mass is 9.99. The van der Waals surface area contributed by atoms with Crippen LogP contribution in [-0.4, -0.2) is 48.8 Å². The molecule has 0 radical (unpaired) electrons. The lowest BCUT2D eigenvalue weighted by molar-refractivity contribution is -0.138. The summed E-state index contributed by atoms with van der Waals surface area (Å²) in [5.41, 5.74) is 0. The minimum absolute atomic E-state index is 0.160. The van der Waals surface area contributed by atoms with Gasteiger partial charge in [-0.3, -0.25) is 9.69 Å². The van der Waals surface area contributed by atoms with Crippen LogP contribution in [0.25, 0.3) is 0 Å². The van der Waals surface area contributed by atoms with Gasteiger partial charge in [0.1, 0.15) is 0 Å². The number of nitrogens with zero attached hydrogens (tertiary/aromatic N) is 1. The number of carboxylic acids is 1. The van der Waals surface area contributed by atoms with E-state index in [1.807, 2.05) is 11.8 Å². The standard InChI is InChI=1S/C10H19NO3/c1-3-14-7-9-5-11(4-8(9)2)6-10(12)13/h8-9H,3-7H2,1-2H3,(H,12,13). The first kappa shape index (κ1) is 11.5. The highest BCUT2D eigenvalue weighted by atomic mass is 16.5. The molecule has 0 saturated carbocycles. The Kier molecular flexibility index (Phi) is 4.35. The lowest BCUT2D eigenvalue weighted by Gasteiger charge is -2.13. The Morgan fingerprint density at radius 2 is 2.29 bits per heavy atom. The van der Waals surface area contributed by atoms with Crippen molar-refractivity contribution in [2.75, 3.05) is 32.8 Å². The molecule has 0 spiro atoms. The van der Waals surface area contributed by atoms with Gasteiger partial charge in [0.2, 0.25) is 0 Å². The van der Waals surface area contributed by atoms with Crippen molar-refractivity contribution in [3.8, 4) is 0 Å². The molecule has 0 aromatic rings. The third-order valence-corrected chi connectivity index (χ3v) is 2.74. The number of hydrogen-bond acceptors (Lipinski definition) is 3. The zero-order chi connectivity index (χ0) is 10.6. The Morgan fingerprint density at radius 1 is 1.57 bits per heavy atom. The van der Waals surface area contributed by atoms with Gasteiger partial charge in [-0.05, 0) is 18.8 Å². The molecule has 1 fully saturated rings. The fourth-order valence-corrected chi connectivity index (χ4v) is 1.95. The van der Waals surface area contributed by atoms with Gasteiger partial charge in [0.15, 0.2) is 0 Å². The number of carboxylic acid groups (broad SMARTS) is 1. The summed E-state index contributed by atoms with van der Waals surface area (Å²) in [4.78, 5) is 12.5. The monoisotopic (exact) mass is 201 g/mol. The molecule has 0 bridgehead atoms. The first-order chi connectivity index (χ1) is 6.63. The van der Waals surface area contributed by atoms with Gasteiger partial charge in [0.25, 0.3) is 0 Å². The molecule has 1 saturated heterocycles. The summed E-state index contributed by atoms with van der Waals surface area (Å²) < 4.78 is 5.37. The predicted octanol–water partition coefficient (Wildman–Crippen LogP) is 0.675. The van der Waals surface area contributed by atoms with Gasteiger partial charge in [-0.2, -0.15) is 0 Å². The topological polar surface area (TPSA) is 49.8 Å². The highest BCUT2D eigenvalue weighted by Crippen LogP contribution is 2.22. The fraction of sp³-hybridized carbons (Fsp3) is 0.900. The molecule has 1 rings (SSSR count). The molecule has 0 aliphatic carbocycles. The van der Waals surface area contributed by atoms with Crippen LogP contribution in [0, 0.1) is 11.8 Å². The van der Waals surface area contributed by atoms with E-state index < -0.39 is 5.97 Å². The molecule has 14 heavy (non-hydrogen) atoms. The molecule has 82 valence electrons.